The largest absolute Gasteiger partial charge is 0.481 e. The molecule has 1 unspecified atom stereocenters. The first-order valence-corrected chi connectivity index (χ1v) is 6.36. The number of nitrogens with one attached hydrogen (secondary N) is 1. The number of carboxylic acid groups (broad SMARTS) is 1. The van der Waals surface area contributed by atoms with Gasteiger partial charge in [0.25, 0.3) is 12.1 Å². The molecule has 1 aromatic rings. The van der Waals surface area contributed by atoms with E-state index in [1.54, 1.807) is 6.92 Å². The summed E-state index contributed by atoms with van der Waals surface area (Å²) in [4.78, 5) is 20.3. The summed E-state index contributed by atoms with van der Waals surface area (Å²) in [6.45, 7) is 1.73. The highest BCUT2D eigenvalue weighted by Gasteiger charge is 2.18. The fourth-order valence-electron chi connectivity index (χ4n) is 1.87. The van der Waals surface area contributed by atoms with Gasteiger partial charge in [0.15, 0.2) is 0 Å². The number of nitro groups is 1. The number of nitro benzene ring substituents is 1. The van der Waals surface area contributed by atoms with Crippen LogP contribution in [0.5, 0.6) is 0 Å². The van der Waals surface area contributed by atoms with Gasteiger partial charge in [-0.3, -0.25) is 14.9 Å². The summed E-state index contributed by atoms with van der Waals surface area (Å²) in [5.74, 6) is -0.911. The van der Waals surface area contributed by atoms with Crippen molar-refractivity contribution in [2.75, 3.05) is 5.32 Å². The van der Waals surface area contributed by atoms with Crippen LogP contribution in [0, 0.1) is 10.1 Å². The molecule has 0 fully saturated rings. The van der Waals surface area contributed by atoms with Crippen LogP contribution in [-0.4, -0.2) is 22.0 Å². The molecule has 0 saturated heterocycles. The van der Waals surface area contributed by atoms with Gasteiger partial charge in [0.1, 0.15) is 0 Å². The number of benzene rings is 1. The van der Waals surface area contributed by atoms with Gasteiger partial charge in [-0.05, 0) is 25.8 Å². The molecule has 0 saturated carbocycles. The number of non-ortho nitro benzene ring substituents is 1. The molecule has 0 aliphatic heterocycles. The van der Waals surface area contributed by atoms with E-state index in [1.165, 1.54) is 6.07 Å². The van der Waals surface area contributed by atoms with E-state index >= 15 is 0 Å². The van der Waals surface area contributed by atoms with Crippen LogP contribution >= 0.6 is 0 Å². The van der Waals surface area contributed by atoms with E-state index < -0.39 is 28.6 Å². The van der Waals surface area contributed by atoms with Crippen LogP contribution in [0.25, 0.3) is 0 Å². The molecule has 116 valence electrons. The molecule has 8 heteroatoms. The van der Waals surface area contributed by atoms with E-state index in [9.17, 15) is 23.7 Å². The second kappa shape index (κ2) is 7.51. The SMILES string of the molecule is CC(CCCC(=O)O)Nc1ccc([N+](=O)[O-])cc1C(F)F. The summed E-state index contributed by atoms with van der Waals surface area (Å²) in [5, 5.41) is 22.0. The zero-order valence-corrected chi connectivity index (χ0v) is 11.4. The highest BCUT2D eigenvalue weighted by atomic mass is 19.3. The van der Waals surface area contributed by atoms with Crippen molar-refractivity contribution in [3.8, 4) is 0 Å². The van der Waals surface area contributed by atoms with Crippen LogP contribution in [0.1, 0.15) is 38.2 Å². The normalized spacial score (nSPS) is 12.2. The number of alkyl halides is 2. The Hall–Kier alpha value is -2.25. The predicted molar refractivity (Wildman–Crippen MR) is 72.6 cm³/mol. The van der Waals surface area contributed by atoms with Crippen LogP contribution in [-0.2, 0) is 4.79 Å². The smallest absolute Gasteiger partial charge is 0.303 e. The Morgan fingerprint density at radius 3 is 2.67 bits per heavy atom. The molecule has 6 nitrogen and oxygen atoms in total. The van der Waals surface area contributed by atoms with Gasteiger partial charge in [-0.15, -0.1) is 0 Å². The Morgan fingerprint density at radius 2 is 2.14 bits per heavy atom. The summed E-state index contributed by atoms with van der Waals surface area (Å²) in [6, 6.07) is 3.02. The summed E-state index contributed by atoms with van der Waals surface area (Å²) in [7, 11) is 0. The van der Waals surface area contributed by atoms with Crippen LogP contribution in [0.4, 0.5) is 20.2 Å². The molecule has 2 N–H and O–H groups in total. The maximum atomic E-state index is 12.9. The molecule has 0 heterocycles. The van der Waals surface area contributed by atoms with E-state index in [0.29, 0.717) is 12.8 Å². The molecule has 0 spiro atoms. The minimum atomic E-state index is -2.83. The molecule has 0 bridgehead atoms. The van der Waals surface area contributed by atoms with Crippen LogP contribution in [0.2, 0.25) is 0 Å². The Bertz CT molecular complexity index is 523. The van der Waals surface area contributed by atoms with E-state index in [0.717, 1.165) is 12.1 Å². The van der Waals surface area contributed by atoms with Gasteiger partial charge in [-0.2, -0.15) is 0 Å². The molecule has 1 rings (SSSR count). The number of nitrogens with zero attached hydrogens (tertiary/aromatic N) is 1. The summed E-state index contributed by atoms with van der Waals surface area (Å²) in [6.07, 6.45) is -1.92. The molecule has 1 atom stereocenters. The maximum absolute atomic E-state index is 12.9. The first-order chi connectivity index (χ1) is 9.81. The fraction of sp³-hybridized carbons (Fsp3) is 0.462. The average molecular weight is 302 g/mol. The maximum Gasteiger partial charge on any atom is 0.303 e. The quantitative estimate of drug-likeness (QED) is 0.565. The van der Waals surface area contributed by atoms with Crippen molar-refractivity contribution in [1.29, 1.82) is 0 Å². The Kier molecular flexibility index (Phi) is 6.01. The highest BCUT2D eigenvalue weighted by molar-refractivity contribution is 5.66. The zero-order chi connectivity index (χ0) is 16.0. The van der Waals surface area contributed by atoms with Crippen LogP contribution < -0.4 is 5.32 Å². The number of rotatable bonds is 8. The topological polar surface area (TPSA) is 92.5 Å². The Morgan fingerprint density at radius 1 is 1.48 bits per heavy atom. The summed E-state index contributed by atoms with van der Waals surface area (Å²) in [5.41, 5.74) is -0.706. The second-order valence-corrected chi connectivity index (χ2v) is 4.66. The third-order valence-electron chi connectivity index (χ3n) is 2.91. The lowest BCUT2D eigenvalue weighted by molar-refractivity contribution is -0.385. The van der Waals surface area contributed by atoms with E-state index in [1.807, 2.05) is 0 Å². The average Bonchev–Trinajstić information content (AvgIpc) is 2.38. The van der Waals surface area contributed by atoms with Gasteiger partial charge in [-0.25, -0.2) is 8.78 Å². The van der Waals surface area contributed by atoms with Crippen LogP contribution in [0.3, 0.4) is 0 Å². The van der Waals surface area contributed by atoms with Gasteiger partial charge in [0.05, 0.1) is 4.92 Å². The molecule has 1 aromatic carbocycles. The first kappa shape index (κ1) is 16.8. The number of anilines is 1. The number of halogens is 2. The van der Waals surface area contributed by atoms with Crippen molar-refractivity contribution in [3.05, 3.63) is 33.9 Å². The van der Waals surface area contributed by atoms with Gasteiger partial charge in [-0.1, -0.05) is 0 Å². The predicted octanol–water partition coefficient (Wildman–Crippen LogP) is 3.59. The van der Waals surface area contributed by atoms with Crippen LogP contribution in [0.15, 0.2) is 18.2 Å². The first-order valence-electron chi connectivity index (χ1n) is 6.36. The number of aliphatic carboxylic acids is 1. The number of hydrogen-bond acceptors (Lipinski definition) is 4. The fourth-order valence-corrected chi connectivity index (χ4v) is 1.87. The lowest BCUT2D eigenvalue weighted by atomic mass is 10.1. The number of carboxylic acids is 1. The van der Waals surface area contributed by atoms with Crippen molar-refractivity contribution in [2.45, 2.75) is 38.7 Å². The van der Waals surface area contributed by atoms with Gasteiger partial charge in [0, 0.05) is 35.8 Å². The van der Waals surface area contributed by atoms with Crippen molar-refractivity contribution < 1.29 is 23.6 Å². The molecule has 0 aliphatic rings. The highest BCUT2D eigenvalue weighted by Crippen LogP contribution is 2.31. The minimum absolute atomic E-state index is 0.00792. The molecule has 0 aliphatic carbocycles. The molecular formula is C13H16F2N2O4. The monoisotopic (exact) mass is 302 g/mol. The Balaban J connectivity index is 2.77. The third-order valence-corrected chi connectivity index (χ3v) is 2.91. The van der Waals surface area contributed by atoms with Gasteiger partial charge in [0.2, 0.25) is 0 Å². The summed E-state index contributed by atoms with van der Waals surface area (Å²) >= 11 is 0. The van der Waals surface area contributed by atoms with E-state index in [2.05, 4.69) is 5.32 Å². The Labute approximate surface area is 119 Å². The summed E-state index contributed by atoms with van der Waals surface area (Å²) < 4.78 is 25.9. The third kappa shape index (κ3) is 5.33. The molecule has 0 radical (unpaired) electrons. The van der Waals surface area contributed by atoms with E-state index in [-0.39, 0.29) is 18.2 Å². The standard InChI is InChI=1S/C13H16F2N2O4/c1-8(3-2-4-12(18)19)16-11-6-5-9(17(20)21)7-10(11)13(14)15/h5-8,13,16H,2-4H2,1H3,(H,18,19). The molecule has 21 heavy (non-hydrogen) atoms. The number of hydrogen-bond donors (Lipinski definition) is 2. The molecular weight excluding hydrogens is 286 g/mol. The van der Waals surface area contributed by atoms with Gasteiger partial charge < -0.3 is 10.4 Å². The molecule has 0 amide bonds. The number of carbonyl (C=O) groups is 1. The minimum Gasteiger partial charge on any atom is -0.481 e. The lowest BCUT2D eigenvalue weighted by Gasteiger charge is -2.17. The van der Waals surface area contributed by atoms with Gasteiger partial charge >= 0.3 is 5.97 Å². The van der Waals surface area contributed by atoms with Crippen molar-refractivity contribution >= 4 is 17.3 Å². The molecule has 0 aromatic heterocycles. The van der Waals surface area contributed by atoms with Crippen molar-refractivity contribution in [3.63, 3.8) is 0 Å². The second-order valence-electron chi connectivity index (χ2n) is 4.66. The van der Waals surface area contributed by atoms with Crippen molar-refractivity contribution in [2.24, 2.45) is 0 Å². The zero-order valence-electron chi connectivity index (χ0n) is 11.4. The van der Waals surface area contributed by atoms with Crippen molar-refractivity contribution in [1.82, 2.24) is 0 Å². The lowest BCUT2D eigenvalue weighted by Crippen LogP contribution is -2.16. The van der Waals surface area contributed by atoms with E-state index in [4.69, 9.17) is 5.11 Å².